The molecule has 0 unspecified atom stereocenters. The molecule has 19 heavy (non-hydrogen) atoms. The fourth-order valence-electron chi connectivity index (χ4n) is 1.42. The van der Waals surface area contributed by atoms with Crippen LogP contribution in [-0.2, 0) is 16.1 Å². The van der Waals surface area contributed by atoms with Crippen molar-refractivity contribution in [3.63, 3.8) is 0 Å². The molecule has 4 nitrogen and oxygen atoms in total. The van der Waals surface area contributed by atoms with Gasteiger partial charge in [0.05, 0.1) is 0 Å². The number of rotatable bonds is 6. The number of hydrogen-bond acceptors (Lipinski definition) is 2. The fraction of sp³-hybridized carbons (Fsp3) is 0.429. The van der Waals surface area contributed by atoms with Gasteiger partial charge in [0.1, 0.15) is 0 Å². The summed E-state index contributed by atoms with van der Waals surface area (Å²) in [5, 5.41) is 6.31. The molecule has 0 atom stereocenters. The zero-order valence-electron chi connectivity index (χ0n) is 11.2. The smallest absolute Gasteiger partial charge is 0.226 e. The lowest BCUT2D eigenvalue weighted by Crippen LogP contribution is -2.23. The molecular weight excluding hydrogens is 308 g/mol. The van der Waals surface area contributed by atoms with Crippen LogP contribution in [0.15, 0.2) is 24.3 Å². The molecule has 0 aliphatic rings. The lowest BCUT2D eigenvalue weighted by atomic mass is 10.1. The van der Waals surface area contributed by atoms with Gasteiger partial charge in [0.25, 0.3) is 0 Å². The number of alkyl halides is 1. The van der Waals surface area contributed by atoms with E-state index in [0.717, 1.165) is 11.3 Å². The van der Waals surface area contributed by atoms with Crippen molar-refractivity contribution in [3.05, 3.63) is 29.8 Å². The first kappa shape index (κ1) is 15.7. The Bertz CT molecular complexity index is 447. The van der Waals surface area contributed by atoms with Gasteiger partial charge in [-0.15, -0.1) is 0 Å². The maximum Gasteiger partial charge on any atom is 0.226 e. The van der Waals surface area contributed by atoms with Crippen molar-refractivity contribution in [1.82, 2.24) is 5.32 Å². The molecule has 2 amide bonds. The first-order chi connectivity index (χ1) is 9.02. The molecule has 0 saturated heterocycles. The van der Waals surface area contributed by atoms with Crippen LogP contribution in [0.4, 0.5) is 5.69 Å². The van der Waals surface area contributed by atoms with Gasteiger partial charge in [0.2, 0.25) is 11.8 Å². The Kier molecular flexibility index (Phi) is 6.56. The molecule has 5 heteroatoms. The maximum absolute atomic E-state index is 11.6. The van der Waals surface area contributed by atoms with Crippen LogP contribution in [0.3, 0.4) is 0 Å². The predicted molar refractivity (Wildman–Crippen MR) is 80.2 cm³/mol. The minimum atomic E-state index is -0.0534. The minimum absolute atomic E-state index is 0.00786. The van der Waals surface area contributed by atoms with Gasteiger partial charge in [-0.2, -0.15) is 0 Å². The van der Waals surface area contributed by atoms with E-state index in [2.05, 4.69) is 26.6 Å². The summed E-state index contributed by atoms with van der Waals surface area (Å²) in [7, 11) is 0. The Morgan fingerprint density at radius 3 is 2.68 bits per heavy atom. The minimum Gasteiger partial charge on any atom is -0.352 e. The maximum atomic E-state index is 11.6. The SMILES string of the molecule is CC(C)C(=O)Nc1cccc(CNC(=O)CCBr)c1. The Morgan fingerprint density at radius 1 is 1.32 bits per heavy atom. The van der Waals surface area contributed by atoms with Gasteiger partial charge in [-0.05, 0) is 17.7 Å². The average molecular weight is 327 g/mol. The van der Waals surface area contributed by atoms with Gasteiger partial charge in [0, 0.05) is 29.9 Å². The topological polar surface area (TPSA) is 58.2 Å². The van der Waals surface area contributed by atoms with Crippen molar-refractivity contribution in [2.24, 2.45) is 5.92 Å². The molecule has 1 aromatic rings. The first-order valence-electron chi connectivity index (χ1n) is 6.25. The van der Waals surface area contributed by atoms with E-state index < -0.39 is 0 Å². The summed E-state index contributed by atoms with van der Waals surface area (Å²) in [6.07, 6.45) is 0.462. The Balaban J connectivity index is 2.57. The highest BCUT2D eigenvalue weighted by atomic mass is 79.9. The van der Waals surface area contributed by atoms with Crippen molar-refractivity contribution in [1.29, 1.82) is 0 Å². The standard InChI is InChI=1S/C14H19BrN2O2/c1-10(2)14(19)17-12-5-3-4-11(8-12)9-16-13(18)6-7-15/h3-5,8,10H,6-7,9H2,1-2H3,(H,16,18)(H,17,19). The number of halogens is 1. The lowest BCUT2D eigenvalue weighted by molar-refractivity contribution is -0.121. The molecule has 0 spiro atoms. The second kappa shape index (κ2) is 7.94. The number of hydrogen-bond donors (Lipinski definition) is 2. The number of anilines is 1. The highest BCUT2D eigenvalue weighted by Crippen LogP contribution is 2.12. The number of carbonyl (C=O) groups is 2. The van der Waals surface area contributed by atoms with E-state index >= 15 is 0 Å². The van der Waals surface area contributed by atoms with Crippen molar-refractivity contribution in [2.45, 2.75) is 26.8 Å². The molecule has 0 radical (unpaired) electrons. The third-order valence-corrected chi connectivity index (χ3v) is 2.93. The van der Waals surface area contributed by atoms with Crippen LogP contribution in [-0.4, -0.2) is 17.1 Å². The molecule has 2 N–H and O–H groups in total. The summed E-state index contributed by atoms with van der Waals surface area (Å²) < 4.78 is 0. The largest absolute Gasteiger partial charge is 0.352 e. The van der Waals surface area contributed by atoms with Crippen molar-refractivity contribution >= 4 is 33.4 Å². The molecule has 0 heterocycles. The predicted octanol–water partition coefficient (Wildman–Crippen LogP) is 2.68. The van der Waals surface area contributed by atoms with E-state index in [4.69, 9.17) is 0 Å². The molecule has 1 aromatic carbocycles. The van der Waals surface area contributed by atoms with Crippen molar-refractivity contribution in [3.8, 4) is 0 Å². The van der Waals surface area contributed by atoms with Gasteiger partial charge in [-0.25, -0.2) is 0 Å². The summed E-state index contributed by atoms with van der Waals surface area (Å²) in [4.78, 5) is 22.9. The van der Waals surface area contributed by atoms with E-state index in [1.54, 1.807) is 0 Å². The molecule has 0 aromatic heterocycles. The Labute approximate surface area is 122 Å². The van der Waals surface area contributed by atoms with Crippen LogP contribution >= 0.6 is 15.9 Å². The van der Waals surface area contributed by atoms with E-state index in [1.165, 1.54) is 0 Å². The van der Waals surface area contributed by atoms with E-state index in [9.17, 15) is 9.59 Å². The first-order valence-corrected chi connectivity index (χ1v) is 7.37. The van der Waals surface area contributed by atoms with E-state index in [0.29, 0.717) is 18.3 Å². The van der Waals surface area contributed by atoms with Gasteiger partial charge >= 0.3 is 0 Å². The van der Waals surface area contributed by atoms with E-state index in [1.807, 2.05) is 38.1 Å². The van der Waals surface area contributed by atoms with Gasteiger partial charge in [-0.1, -0.05) is 41.9 Å². The zero-order valence-corrected chi connectivity index (χ0v) is 12.8. The highest BCUT2D eigenvalue weighted by Gasteiger charge is 2.07. The molecule has 1 rings (SSSR count). The molecule has 0 saturated carbocycles. The van der Waals surface area contributed by atoms with Gasteiger partial charge in [0.15, 0.2) is 0 Å². The third kappa shape index (κ3) is 5.87. The monoisotopic (exact) mass is 326 g/mol. The summed E-state index contributed by atoms with van der Waals surface area (Å²) in [6.45, 7) is 4.16. The van der Waals surface area contributed by atoms with Crippen LogP contribution in [0, 0.1) is 5.92 Å². The molecule has 104 valence electrons. The van der Waals surface area contributed by atoms with Crippen molar-refractivity contribution < 1.29 is 9.59 Å². The second-order valence-electron chi connectivity index (χ2n) is 4.56. The molecular formula is C14H19BrN2O2. The van der Waals surface area contributed by atoms with Crippen LogP contribution in [0.1, 0.15) is 25.8 Å². The fourth-order valence-corrected chi connectivity index (χ4v) is 1.78. The third-order valence-electron chi connectivity index (χ3n) is 2.53. The summed E-state index contributed by atoms with van der Waals surface area (Å²) in [6, 6.07) is 7.49. The number of amides is 2. The molecule has 0 aliphatic carbocycles. The number of nitrogens with one attached hydrogen (secondary N) is 2. The van der Waals surface area contributed by atoms with Crippen LogP contribution < -0.4 is 10.6 Å². The average Bonchev–Trinajstić information content (AvgIpc) is 2.37. The summed E-state index contributed by atoms with van der Waals surface area (Å²) in [5.41, 5.74) is 1.72. The highest BCUT2D eigenvalue weighted by molar-refractivity contribution is 9.09. The number of carbonyl (C=O) groups excluding carboxylic acids is 2. The zero-order chi connectivity index (χ0) is 14.3. The summed E-state index contributed by atoms with van der Waals surface area (Å²) >= 11 is 3.22. The Hall–Kier alpha value is -1.36. The second-order valence-corrected chi connectivity index (χ2v) is 5.35. The molecule has 0 bridgehead atoms. The normalized spacial score (nSPS) is 10.3. The summed E-state index contributed by atoms with van der Waals surface area (Å²) in [5.74, 6) is -0.0590. The van der Waals surface area contributed by atoms with Crippen LogP contribution in [0.5, 0.6) is 0 Å². The van der Waals surface area contributed by atoms with Gasteiger partial charge in [-0.3, -0.25) is 9.59 Å². The van der Waals surface area contributed by atoms with Crippen LogP contribution in [0.2, 0.25) is 0 Å². The number of benzene rings is 1. The van der Waals surface area contributed by atoms with Crippen molar-refractivity contribution in [2.75, 3.05) is 10.6 Å². The van der Waals surface area contributed by atoms with E-state index in [-0.39, 0.29) is 17.7 Å². The lowest BCUT2D eigenvalue weighted by Gasteiger charge is -2.10. The Morgan fingerprint density at radius 2 is 2.05 bits per heavy atom. The van der Waals surface area contributed by atoms with Crippen LogP contribution in [0.25, 0.3) is 0 Å². The quantitative estimate of drug-likeness (QED) is 0.789. The van der Waals surface area contributed by atoms with Gasteiger partial charge < -0.3 is 10.6 Å². The molecule has 0 aliphatic heterocycles. The molecule has 0 fully saturated rings.